The molecule has 41 heavy (non-hydrogen) atoms. The molecule has 0 amide bonds. The first kappa shape index (κ1) is 27.8. The Kier molecular flexibility index (Phi) is 7.10. The summed E-state index contributed by atoms with van der Waals surface area (Å²) in [5.74, 6) is 0.152. The third-order valence-electron chi connectivity index (χ3n) is 6.92. The third kappa shape index (κ3) is 4.81. The number of nitrogens with zero attached hydrogens (tertiary/aromatic N) is 6. The number of imidazole rings is 2. The molecule has 4 aromatic rings. The smallest absolute Gasteiger partial charge is 0.394 e. The van der Waals surface area contributed by atoms with Crippen LogP contribution >= 0.6 is 7.82 Å². The molecule has 0 aliphatic carbocycles. The van der Waals surface area contributed by atoms with Gasteiger partial charge in [-0.2, -0.15) is 0 Å². The number of aromatic amines is 1. The minimum Gasteiger partial charge on any atom is -0.394 e. The van der Waals surface area contributed by atoms with Crippen molar-refractivity contribution in [1.82, 2.24) is 34.1 Å². The van der Waals surface area contributed by atoms with Crippen molar-refractivity contribution in [3.63, 3.8) is 0 Å². The number of aliphatic hydroxyl groups is 4. The summed E-state index contributed by atoms with van der Waals surface area (Å²) in [6.45, 7) is -1.37. The first-order valence-corrected chi connectivity index (χ1v) is 13.7. The number of nitrogen functional groups attached to an aromatic ring is 1. The van der Waals surface area contributed by atoms with Crippen molar-refractivity contribution >= 4 is 35.8 Å². The number of nitrogens with two attached hydrogens (primary N) is 1. The van der Waals surface area contributed by atoms with E-state index in [1.807, 2.05) is 0 Å². The summed E-state index contributed by atoms with van der Waals surface area (Å²) in [6, 6.07) is 1.58. The highest BCUT2D eigenvalue weighted by Gasteiger charge is 2.50. The second-order valence-electron chi connectivity index (χ2n) is 9.39. The molecule has 2 aliphatic heterocycles. The third-order valence-corrected chi connectivity index (χ3v) is 7.91. The molecule has 220 valence electrons. The zero-order valence-electron chi connectivity index (χ0n) is 20.8. The molecule has 6 heterocycles. The van der Waals surface area contributed by atoms with Crippen molar-refractivity contribution in [1.29, 1.82) is 0 Å². The molecule has 2 aliphatic rings. The molecule has 6 rings (SSSR count). The topological polar surface area (TPSA) is 275 Å². The number of ether oxygens (including phenoxy) is 2. The average molecular weight is 596 g/mol. The molecule has 9 atom stereocenters. The normalized spacial score (nSPS) is 31.7. The van der Waals surface area contributed by atoms with Crippen LogP contribution in [0.4, 0.5) is 5.82 Å². The quantitative estimate of drug-likeness (QED) is 0.104. The molecule has 8 N–H and O–H groups in total. The summed E-state index contributed by atoms with van der Waals surface area (Å²) in [7, 11) is -5.01. The molecule has 19 nitrogen and oxygen atoms in total. The van der Waals surface area contributed by atoms with Crippen LogP contribution in [-0.2, 0) is 23.1 Å². The van der Waals surface area contributed by atoms with Gasteiger partial charge in [-0.15, -0.1) is 0 Å². The monoisotopic (exact) mass is 596 g/mol. The highest BCUT2D eigenvalue weighted by atomic mass is 31.2. The molecule has 0 radical (unpaired) electrons. The predicted molar refractivity (Wildman–Crippen MR) is 134 cm³/mol. The van der Waals surface area contributed by atoms with Crippen LogP contribution < -0.4 is 11.3 Å². The van der Waals surface area contributed by atoms with E-state index in [-0.39, 0.29) is 17.0 Å². The van der Waals surface area contributed by atoms with E-state index in [0.717, 1.165) is 12.7 Å². The number of phosphoric acid groups is 1. The van der Waals surface area contributed by atoms with E-state index in [4.69, 9.17) is 24.3 Å². The molecule has 2 saturated heterocycles. The summed E-state index contributed by atoms with van der Waals surface area (Å²) in [5.41, 5.74) is 6.05. The zero-order valence-corrected chi connectivity index (χ0v) is 21.7. The number of H-pyrrole nitrogens is 1. The van der Waals surface area contributed by atoms with Crippen LogP contribution in [0.25, 0.3) is 22.2 Å². The van der Waals surface area contributed by atoms with Gasteiger partial charge >= 0.3 is 7.82 Å². The van der Waals surface area contributed by atoms with E-state index in [2.05, 4.69) is 24.9 Å². The van der Waals surface area contributed by atoms with Gasteiger partial charge in [-0.3, -0.25) is 18.4 Å². The zero-order chi connectivity index (χ0) is 29.1. The number of nitrogens with one attached hydrogen (secondary N) is 1. The highest BCUT2D eigenvalue weighted by Crippen LogP contribution is 2.50. The lowest BCUT2D eigenvalue weighted by Gasteiger charge is -2.24. The minimum atomic E-state index is -5.01. The fourth-order valence-electron chi connectivity index (χ4n) is 4.89. The Morgan fingerprint density at radius 1 is 1.00 bits per heavy atom. The van der Waals surface area contributed by atoms with Gasteiger partial charge in [0.25, 0.3) is 5.56 Å². The van der Waals surface area contributed by atoms with E-state index < -0.39 is 75.7 Å². The Morgan fingerprint density at radius 3 is 2.51 bits per heavy atom. The Bertz CT molecular complexity index is 1680. The maximum atomic E-state index is 13.0. The lowest BCUT2D eigenvalue weighted by atomic mass is 10.1. The number of aliphatic hydroxyl groups excluding tert-OH is 4. The molecule has 0 bridgehead atoms. The molecule has 4 aromatic heterocycles. The van der Waals surface area contributed by atoms with Gasteiger partial charge in [-0.1, -0.05) is 0 Å². The van der Waals surface area contributed by atoms with Crippen LogP contribution in [0, 0.1) is 0 Å². The maximum Gasteiger partial charge on any atom is 0.472 e. The fraction of sp³-hybridized carbons (Fsp3) is 0.476. The SMILES string of the molecule is Nc1nccc2c1ncn2[C@@H]1O[C@H](COP(=O)(O)O[C@@H]2[C@H](O)[C@@H](CO)O[C@H]2n2cnc3c(=O)[nH]cnc32)[C@@H](O)[C@H]1O. The van der Waals surface area contributed by atoms with E-state index in [0.29, 0.717) is 11.0 Å². The standard InChI is InChI=1S/C21H25N8O11P/c22-17-11-8(1-2-23-17)28(6-26-11)20-15(33)13(31)10(39-20)4-37-41(35,36)40-16-14(32)9(3-30)38-21(16)29-7-27-12-18(29)24-5-25-19(12)34/h1-2,5-7,9-10,13-16,20-21,30-33H,3-4H2,(H2,22,23)(H,35,36)(H,24,25,34)/t9-,10-,13-,14-,15-,16-,20-,21-/m1/s1. The van der Waals surface area contributed by atoms with Crippen LogP contribution in [0.15, 0.2) is 36.0 Å². The summed E-state index contributed by atoms with van der Waals surface area (Å²) in [6.07, 6.45) is -6.16. The molecule has 0 aromatic carbocycles. The van der Waals surface area contributed by atoms with Crippen molar-refractivity contribution in [2.75, 3.05) is 18.9 Å². The Labute approximate surface area is 228 Å². The molecule has 20 heteroatoms. The van der Waals surface area contributed by atoms with Gasteiger partial charge in [-0.05, 0) is 6.07 Å². The second-order valence-corrected chi connectivity index (χ2v) is 10.8. The summed E-state index contributed by atoms with van der Waals surface area (Å²) >= 11 is 0. The van der Waals surface area contributed by atoms with E-state index in [1.54, 1.807) is 6.07 Å². The fourth-order valence-corrected chi connectivity index (χ4v) is 5.82. The van der Waals surface area contributed by atoms with Crippen molar-refractivity contribution in [3.05, 3.63) is 41.6 Å². The Morgan fingerprint density at radius 2 is 1.73 bits per heavy atom. The van der Waals surface area contributed by atoms with E-state index >= 15 is 0 Å². The maximum absolute atomic E-state index is 13.0. The lowest BCUT2D eigenvalue weighted by molar-refractivity contribution is -0.0614. The van der Waals surface area contributed by atoms with E-state index in [9.17, 15) is 34.7 Å². The van der Waals surface area contributed by atoms with E-state index in [1.165, 1.54) is 21.7 Å². The van der Waals surface area contributed by atoms with Gasteiger partial charge in [0.2, 0.25) is 0 Å². The highest BCUT2D eigenvalue weighted by molar-refractivity contribution is 7.47. The molecule has 0 saturated carbocycles. The number of fused-ring (bicyclic) bond motifs is 2. The number of anilines is 1. The van der Waals surface area contributed by atoms with Gasteiger partial charge < -0.3 is 50.1 Å². The number of rotatable bonds is 8. The number of phosphoric ester groups is 1. The van der Waals surface area contributed by atoms with Gasteiger partial charge in [0.1, 0.15) is 42.1 Å². The number of hydrogen-bond donors (Lipinski definition) is 7. The van der Waals surface area contributed by atoms with Crippen molar-refractivity contribution in [2.45, 2.75) is 49.1 Å². The lowest BCUT2D eigenvalue weighted by Crippen LogP contribution is -2.36. The molecule has 0 spiro atoms. The van der Waals surface area contributed by atoms with Crippen molar-refractivity contribution < 1.29 is 48.4 Å². The number of hydrogen-bond acceptors (Lipinski definition) is 15. The van der Waals surface area contributed by atoms with Gasteiger partial charge in [0.15, 0.2) is 29.4 Å². The van der Waals surface area contributed by atoms with Crippen LogP contribution in [0.5, 0.6) is 0 Å². The molecular formula is C21H25N8O11P. The second kappa shape index (κ2) is 10.5. The first-order valence-electron chi connectivity index (χ1n) is 12.2. The van der Waals surface area contributed by atoms with Gasteiger partial charge in [0.05, 0.1) is 37.7 Å². The van der Waals surface area contributed by atoms with Crippen LogP contribution in [0.1, 0.15) is 12.5 Å². The van der Waals surface area contributed by atoms with Gasteiger partial charge in [0, 0.05) is 6.20 Å². The average Bonchev–Trinajstić information content (AvgIpc) is 3.70. The molecule has 1 unspecified atom stereocenters. The number of pyridine rings is 1. The van der Waals surface area contributed by atoms with Crippen molar-refractivity contribution in [3.8, 4) is 0 Å². The van der Waals surface area contributed by atoms with Crippen LogP contribution in [0.2, 0.25) is 0 Å². The van der Waals surface area contributed by atoms with Crippen LogP contribution in [0.3, 0.4) is 0 Å². The predicted octanol–water partition coefficient (Wildman–Crippen LogP) is -2.48. The Balaban J connectivity index is 1.18. The molecule has 2 fully saturated rings. The summed E-state index contributed by atoms with van der Waals surface area (Å²) < 4.78 is 37.3. The minimum absolute atomic E-state index is 0.0268. The number of aromatic nitrogens is 7. The largest absolute Gasteiger partial charge is 0.472 e. The van der Waals surface area contributed by atoms with Gasteiger partial charge in [-0.25, -0.2) is 24.5 Å². The van der Waals surface area contributed by atoms with Crippen molar-refractivity contribution in [2.24, 2.45) is 0 Å². The molecular weight excluding hydrogens is 571 g/mol. The first-order chi connectivity index (χ1) is 19.6. The summed E-state index contributed by atoms with van der Waals surface area (Å²) in [5, 5.41) is 41.5. The summed E-state index contributed by atoms with van der Waals surface area (Å²) in [4.78, 5) is 41.0. The van der Waals surface area contributed by atoms with Crippen LogP contribution in [-0.4, -0.2) is 109 Å². The Hall–Kier alpha value is -3.36.